The molecule has 1 aromatic carbocycles. The van der Waals surface area contributed by atoms with Crippen LogP contribution in [0, 0.1) is 5.92 Å². The molecule has 1 nitrogen and oxygen atoms in total. The van der Waals surface area contributed by atoms with Crippen molar-refractivity contribution in [1.29, 1.82) is 0 Å². The average Bonchev–Trinajstić information content (AvgIpc) is 2.28. The molecule has 1 aliphatic carbocycles. The molecule has 0 saturated heterocycles. The van der Waals surface area contributed by atoms with Crippen LogP contribution in [0.5, 0.6) is 0 Å². The first-order valence-corrected chi connectivity index (χ1v) is 5.76. The summed E-state index contributed by atoms with van der Waals surface area (Å²) in [5.41, 5.74) is -0.0254. The zero-order valence-electron chi connectivity index (χ0n) is 9.87. The summed E-state index contributed by atoms with van der Waals surface area (Å²) < 4.78 is 37.3. The maximum atomic E-state index is 12.4. The van der Waals surface area contributed by atoms with Crippen LogP contribution in [0.15, 0.2) is 36.4 Å². The van der Waals surface area contributed by atoms with Gasteiger partial charge in [-0.2, -0.15) is 13.2 Å². The Bertz CT molecular complexity index is 471. The molecule has 0 aromatic heterocycles. The molecule has 96 valence electrons. The van der Waals surface area contributed by atoms with Gasteiger partial charge in [-0.15, -0.1) is 0 Å². The van der Waals surface area contributed by atoms with Crippen LogP contribution in [0.4, 0.5) is 13.2 Å². The SMILES string of the molecule is C[C@@H]1C=CCC(=O)C1c1ccc(C(F)(F)F)cc1. The van der Waals surface area contributed by atoms with Crippen molar-refractivity contribution in [3.8, 4) is 0 Å². The first-order valence-electron chi connectivity index (χ1n) is 5.76. The molecule has 0 N–H and O–H groups in total. The normalized spacial score (nSPS) is 24.3. The van der Waals surface area contributed by atoms with Gasteiger partial charge >= 0.3 is 6.18 Å². The van der Waals surface area contributed by atoms with E-state index in [-0.39, 0.29) is 17.6 Å². The standard InChI is InChI=1S/C14H13F3O/c1-9-3-2-4-12(18)13(9)10-5-7-11(8-6-10)14(15,16)17/h2-3,5-9,13H,4H2,1H3/t9-,13?/m1/s1. The van der Waals surface area contributed by atoms with Crippen LogP contribution in [0.25, 0.3) is 0 Å². The van der Waals surface area contributed by atoms with Crippen LogP contribution in [-0.2, 0) is 11.0 Å². The molecule has 0 aliphatic heterocycles. The summed E-state index contributed by atoms with van der Waals surface area (Å²) >= 11 is 0. The van der Waals surface area contributed by atoms with Gasteiger partial charge in [0.25, 0.3) is 0 Å². The molecule has 4 heteroatoms. The Balaban J connectivity index is 2.29. The zero-order chi connectivity index (χ0) is 13.3. The van der Waals surface area contributed by atoms with Crippen LogP contribution < -0.4 is 0 Å². The minimum absolute atomic E-state index is 0.0305. The van der Waals surface area contributed by atoms with Crippen LogP contribution in [0.3, 0.4) is 0 Å². The Morgan fingerprint density at radius 2 is 1.78 bits per heavy atom. The van der Waals surface area contributed by atoms with Gasteiger partial charge in [-0.1, -0.05) is 31.2 Å². The quantitative estimate of drug-likeness (QED) is 0.693. The van der Waals surface area contributed by atoms with Gasteiger partial charge < -0.3 is 0 Å². The summed E-state index contributed by atoms with van der Waals surface area (Å²) in [4.78, 5) is 11.8. The van der Waals surface area contributed by atoms with Crippen LogP contribution >= 0.6 is 0 Å². The summed E-state index contributed by atoms with van der Waals surface area (Å²) in [5.74, 6) is -0.231. The number of alkyl halides is 3. The highest BCUT2D eigenvalue weighted by molar-refractivity contribution is 5.88. The van der Waals surface area contributed by atoms with E-state index in [1.54, 1.807) is 0 Å². The van der Waals surface area contributed by atoms with Gasteiger partial charge in [0.15, 0.2) is 0 Å². The smallest absolute Gasteiger partial charge is 0.299 e. The van der Waals surface area contributed by atoms with Gasteiger partial charge in [-0.25, -0.2) is 0 Å². The highest BCUT2D eigenvalue weighted by atomic mass is 19.4. The number of rotatable bonds is 1. The molecule has 0 radical (unpaired) electrons. The molecular formula is C14H13F3O. The van der Waals surface area contributed by atoms with Crippen molar-refractivity contribution in [3.05, 3.63) is 47.5 Å². The van der Waals surface area contributed by atoms with Crippen LogP contribution in [0.2, 0.25) is 0 Å². The van der Waals surface area contributed by atoms with Crippen molar-refractivity contribution in [2.45, 2.75) is 25.4 Å². The number of carbonyl (C=O) groups excluding carboxylic acids is 1. The minimum Gasteiger partial charge on any atom is -0.299 e. The molecule has 0 fully saturated rings. The van der Waals surface area contributed by atoms with E-state index in [0.717, 1.165) is 12.1 Å². The van der Waals surface area contributed by atoms with E-state index < -0.39 is 11.7 Å². The van der Waals surface area contributed by atoms with E-state index in [0.29, 0.717) is 12.0 Å². The van der Waals surface area contributed by atoms with E-state index in [4.69, 9.17) is 0 Å². The van der Waals surface area contributed by atoms with Crippen molar-refractivity contribution >= 4 is 5.78 Å². The van der Waals surface area contributed by atoms with Gasteiger partial charge in [0.2, 0.25) is 0 Å². The molecule has 1 aliphatic rings. The van der Waals surface area contributed by atoms with Crippen molar-refractivity contribution in [3.63, 3.8) is 0 Å². The van der Waals surface area contributed by atoms with E-state index in [2.05, 4.69) is 0 Å². The third kappa shape index (κ3) is 2.47. The lowest BCUT2D eigenvalue weighted by molar-refractivity contribution is -0.137. The summed E-state index contributed by atoms with van der Waals surface area (Å²) in [6.07, 6.45) is -0.228. The monoisotopic (exact) mass is 254 g/mol. The Hall–Kier alpha value is -1.58. The van der Waals surface area contributed by atoms with Crippen molar-refractivity contribution < 1.29 is 18.0 Å². The number of hydrogen-bond acceptors (Lipinski definition) is 1. The van der Waals surface area contributed by atoms with Gasteiger partial charge in [-0.05, 0) is 23.6 Å². The van der Waals surface area contributed by atoms with Crippen molar-refractivity contribution in [1.82, 2.24) is 0 Å². The first-order chi connectivity index (χ1) is 8.39. The highest BCUT2D eigenvalue weighted by Crippen LogP contribution is 2.34. The first kappa shape index (κ1) is 12.9. The molecule has 2 atom stereocenters. The van der Waals surface area contributed by atoms with Gasteiger partial charge in [0.1, 0.15) is 5.78 Å². The Morgan fingerprint density at radius 3 is 2.28 bits per heavy atom. The number of carbonyl (C=O) groups is 1. The summed E-state index contributed by atoms with van der Waals surface area (Å²) in [6.45, 7) is 1.90. The lowest BCUT2D eigenvalue weighted by Gasteiger charge is -2.24. The molecule has 0 spiro atoms. The van der Waals surface area contributed by atoms with Crippen LogP contribution in [0.1, 0.15) is 30.4 Å². The highest BCUT2D eigenvalue weighted by Gasteiger charge is 2.31. The minimum atomic E-state index is -4.33. The van der Waals surface area contributed by atoms with E-state index in [1.807, 2.05) is 19.1 Å². The van der Waals surface area contributed by atoms with E-state index in [1.165, 1.54) is 12.1 Å². The fourth-order valence-corrected chi connectivity index (χ4v) is 2.30. The summed E-state index contributed by atoms with van der Waals surface area (Å²) in [7, 11) is 0. The predicted molar refractivity (Wildman–Crippen MR) is 62.1 cm³/mol. The Kier molecular flexibility index (Phi) is 3.28. The predicted octanol–water partition coefficient (Wildman–Crippen LogP) is 3.95. The molecule has 0 heterocycles. The Labute approximate surface area is 103 Å². The van der Waals surface area contributed by atoms with Gasteiger partial charge in [0, 0.05) is 12.3 Å². The van der Waals surface area contributed by atoms with Crippen molar-refractivity contribution in [2.75, 3.05) is 0 Å². The molecule has 1 unspecified atom stereocenters. The zero-order valence-corrected chi connectivity index (χ0v) is 9.87. The number of allylic oxidation sites excluding steroid dienone is 2. The summed E-state index contributed by atoms with van der Waals surface area (Å²) in [5, 5.41) is 0. The lowest BCUT2D eigenvalue weighted by atomic mass is 9.79. The fourth-order valence-electron chi connectivity index (χ4n) is 2.30. The number of ketones is 1. The molecule has 0 amide bonds. The molecule has 18 heavy (non-hydrogen) atoms. The topological polar surface area (TPSA) is 17.1 Å². The molecular weight excluding hydrogens is 241 g/mol. The Morgan fingerprint density at radius 1 is 1.17 bits per heavy atom. The fraction of sp³-hybridized carbons (Fsp3) is 0.357. The van der Waals surface area contributed by atoms with Crippen LogP contribution in [-0.4, -0.2) is 5.78 Å². The largest absolute Gasteiger partial charge is 0.416 e. The molecule has 1 aromatic rings. The van der Waals surface area contributed by atoms with Gasteiger partial charge in [0.05, 0.1) is 5.56 Å². The number of Topliss-reactive ketones (excluding diaryl/α,β-unsaturated/α-hetero) is 1. The molecule has 0 bridgehead atoms. The maximum absolute atomic E-state index is 12.4. The second-order valence-corrected chi connectivity index (χ2v) is 4.56. The second-order valence-electron chi connectivity index (χ2n) is 4.56. The molecule has 2 rings (SSSR count). The summed E-state index contributed by atoms with van der Waals surface area (Å²) in [6, 6.07) is 4.88. The van der Waals surface area contributed by atoms with E-state index >= 15 is 0 Å². The number of hydrogen-bond donors (Lipinski definition) is 0. The van der Waals surface area contributed by atoms with E-state index in [9.17, 15) is 18.0 Å². The average molecular weight is 254 g/mol. The third-order valence-corrected chi connectivity index (χ3v) is 3.23. The second kappa shape index (κ2) is 4.59. The molecule has 0 saturated carbocycles. The van der Waals surface area contributed by atoms with Crippen molar-refractivity contribution in [2.24, 2.45) is 5.92 Å². The number of benzene rings is 1. The van der Waals surface area contributed by atoms with Gasteiger partial charge in [-0.3, -0.25) is 4.79 Å². The maximum Gasteiger partial charge on any atom is 0.416 e. The number of halogens is 3. The third-order valence-electron chi connectivity index (χ3n) is 3.23. The lowest BCUT2D eigenvalue weighted by Crippen LogP contribution is -2.21.